The molecule has 2 amide bonds. The molecule has 4 aliphatic rings. The van der Waals surface area contributed by atoms with Crippen LogP contribution < -0.4 is 4.90 Å². The van der Waals surface area contributed by atoms with Gasteiger partial charge in [-0.2, -0.15) is 18.4 Å². The van der Waals surface area contributed by atoms with Crippen LogP contribution in [-0.2, 0) is 20.4 Å². The minimum Gasteiger partial charge on any atom is -0.465 e. The molecule has 0 unspecified atom stereocenters. The highest BCUT2D eigenvalue weighted by molar-refractivity contribution is 6.02. The van der Waals surface area contributed by atoms with Crippen LogP contribution in [0.15, 0.2) is 18.2 Å². The molecule has 4 heterocycles. The Morgan fingerprint density at radius 3 is 2.67 bits per heavy atom. The zero-order valence-electron chi connectivity index (χ0n) is 18.1. The average molecular weight is 465 g/mol. The summed E-state index contributed by atoms with van der Waals surface area (Å²) in [6.07, 6.45) is -5.97. The number of amides is 2. The molecule has 0 aliphatic carbocycles. The van der Waals surface area contributed by atoms with E-state index < -0.39 is 64.1 Å². The van der Waals surface area contributed by atoms with E-state index in [0.29, 0.717) is 12.8 Å². The van der Waals surface area contributed by atoms with Crippen molar-refractivity contribution in [2.45, 2.75) is 56.3 Å². The number of benzene rings is 1. The van der Waals surface area contributed by atoms with Gasteiger partial charge in [-0.3, -0.25) is 9.69 Å². The number of carbonyl (C=O) groups excluding carboxylic acids is 1. The lowest BCUT2D eigenvalue weighted by Gasteiger charge is -2.48. The number of halogens is 3. The molecule has 0 aromatic heterocycles. The van der Waals surface area contributed by atoms with Crippen LogP contribution in [0.4, 0.5) is 23.7 Å². The zero-order valence-corrected chi connectivity index (χ0v) is 18.1. The number of hydrogen-bond donors (Lipinski definition) is 1. The molecular formula is C22H22F3N3O5. The Labute approximate surface area is 187 Å². The number of fused-ring (bicyclic) bond motifs is 2. The van der Waals surface area contributed by atoms with Crippen molar-refractivity contribution in [2.75, 3.05) is 18.6 Å². The molecule has 1 N–H and O–H groups in total. The van der Waals surface area contributed by atoms with Crippen molar-refractivity contribution in [2.24, 2.45) is 11.3 Å². The molecule has 8 nitrogen and oxygen atoms in total. The normalized spacial score (nSPS) is 38.9. The second-order valence-corrected chi connectivity index (χ2v) is 9.59. The Balaban J connectivity index is 1.65. The molecular weight excluding hydrogens is 443 g/mol. The monoisotopic (exact) mass is 465 g/mol. The van der Waals surface area contributed by atoms with E-state index in [9.17, 15) is 27.9 Å². The number of nitrogens with zero attached hydrogens (tertiary/aromatic N) is 3. The first-order valence-electron chi connectivity index (χ1n) is 10.5. The van der Waals surface area contributed by atoms with Gasteiger partial charge in [0.2, 0.25) is 5.91 Å². The zero-order chi connectivity index (χ0) is 24.1. The summed E-state index contributed by atoms with van der Waals surface area (Å²) < 4.78 is 53.2. The van der Waals surface area contributed by atoms with Crippen molar-refractivity contribution < 1.29 is 37.3 Å². The largest absolute Gasteiger partial charge is 0.465 e. The topological polar surface area (TPSA) is 103 Å². The predicted octanol–water partition coefficient (Wildman–Crippen LogP) is 3.20. The van der Waals surface area contributed by atoms with Crippen molar-refractivity contribution in [3.63, 3.8) is 0 Å². The van der Waals surface area contributed by atoms with Crippen LogP contribution in [-0.4, -0.2) is 59.1 Å². The Hall–Kier alpha value is -2.84. The third-order valence-electron chi connectivity index (χ3n) is 8.30. The maximum Gasteiger partial charge on any atom is 0.417 e. The number of nitriles is 1. The van der Waals surface area contributed by atoms with Crippen LogP contribution in [0.2, 0.25) is 0 Å². The summed E-state index contributed by atoms with van der Waals surface area (Å²) in [4.78, 5) is 28.1. The van der Waals surface area contributed by atoms with Crippen LogP contribution >= 0.6 is 0 Å². The molecule has 176 valence electrons. The van der Waals surface area contributed by atoms with Crippen molar-refractivity contribution in [1.29, 1.82) is 5.26 Å². The Bertz CT molecular complexity index is 1120. The van der Waals surface area contributed by atoms with Crippen molar-refractivity contribution in [3.05, 3.63) is 29.3 Å². The molecule has 0 radical (unpaired) electrons. The van der Waals surface area contributed by atoms with Gasteiger partial charge in [-0.05, 0) is 32.0 Å². The lowest BCUT2D eigenvalue weighted by Crippen LogP contribution is -2.63. The highest BCUT2D eigenvalue weighted by Crippen LogP contribution is 2.71. The van der Waals surface area contributed by atoms with E-state index in [1.54, 1.807) is 19.9 Å². The molecule has 6 atom stereocenters. The summed E-state index contributed by atoms with van der Waals surface area (Å²) in [6, 6.07) is 4.10. The highest BCUT2D eigenvalue weighted by atomic mass is 19.4. The van der Waals surface area contributed by atoms with Gasteiger partial charge in [0.15, 0.2) is 0 Å². The summed E-state index contributed by atoms with van der Waals surface area (Å²) in [5.74, 6) is -0.968. The van der Waals surface area contributed by atoms with Gasteiger partial charge in [0.1, 0.15) is 11.8 Å². The third kappa shape index (κ3) is 2.48. The van der Waals surface area contributed by atoms with E-state index in [0.717, 1.165) is 17.0 Å². The molecule has 5 rings (SSSR count). The number of ether oxygens (including phenoxy) is 2. The summed E-state index contributed by atoms with van der Waals surface area (Å²) in [7, 11) is 1.43. The number of carboxylic acid groups (broad SMARTS) is 1. The number of alkyl halides is 3. The number of carbonyl (C=O) groups is 2. The van der Waals surface area contributed by atoms with Crippen molar-refractivity contribution >= 4 is 17.7 Å². The average Bonchev–Trinajstić information content (AvgIpc) is 3.26. The fourth-order valence-corrected chi connectivity index (χ4v) is 6.69. The second-order valence-electron chi connectivity index (χ2n) is 9.59. The summed E-state index contributed by atoms with van der Waals surface area (Å²) in [5, 5.41) is 18.7. The molecule has 4 aliphatic heterocycles. The Kier molecular flexibility index (Phi) is 4.25. The maximum absolute atomic E-state index is 14.0. The van der Waals surface area contributed by atoms with Crippen LogP contribution in [0.5, 0.6) is 0 Å². The van der Waals surface area contributed by atoms with E-state index in [1.807, 2.05) is 0 Å². The molecule has 33 heavy (non-hydrogen) atoms. The molecule has 4 fully saturated rings. The first kappa shape index (κ1) is 22.0. The fraction of sp³-hybridized carbons (Fsp3) is 0.591. The number of hydrogen-bond acceptors (Lipinski definition) is 5. The van der Waals surface area contributed by atoms with Crippen LogP contribution in [0.25, 0.3) is 0 Å². The van der Waals surface area contributed by atoms with Gasteiger partial charge >= 0.3 is 12.3 Å². The lowest BCUT2D eigenvalue weighted by molar-refractivity contribution is -0.144. The third-order valence-corrected chi connectivity index (χ3v) is 8.30. The van der Waals surface area contributed by atoms with Gasteiger partial charge in [0, 0.05) is 25.6 Å². The summed E-state index contributed by atoms with van der Waals surface area (Å²) >= 11 is 0. The Morgan fingerprint density at radius 2 is 2.06 bits per heavy atom. The first-order chi connectivity index (χ1) is 15.3. The van der Waals surface area contributed by atoms with Crippen LogP contribution in [0.3, 0.4) is 0 Å². The first-order valence-corrected chi connectivity index (χ1v) is 10.5. The smallest absolute Gasteiger partial charge is 0.417 e. The van der Waals surface area contributed by atoms with E-state index in [4.69, 9.17) is 14.7 Å². The quantitative estimate of drug-likeness (QED) is 0.720. The molecule has 2 bridgehead atoms. The van der Waals surface area contributed by atoms with Crippen molar-refractivity contribution in [3.8, 4) is 6.07 Å². The van der Waals surface area contributed by atoms with Crippen molar-refractivity contribution in [1.82, 2.24) is 4.90 Å². The highest BCUT2D eigenvalue weighted by Gasteiger charge is 2.84. The Morgan fingerprint density at radius 1 is 1.36 bits per heavy atom. The standard InChI is InChI=1S/C22H22F3N3O5/c1-19-15-16(28(17(19)29)12-5-4-11(10-26)13(8-12)22(23,24)25)32-7-6-21(15)9-14(20(19,2)33-21)27(3)18(30)31/h4-5,8,14-16H,6-7,9H2,1-3H3,(H,30,31)/t14-,15+,16-,19+,20+,21-/m0/s1. The number of likely N-dealkylation sites (N-methyl/N-ethyl adjacent to an activating group) is 1. The van der Waals surface area contributed by atoms with Crippen LogP contribution in [0, 0.1) is 22.7 Å². The minimum absolute atomic E-state index is 0.0184. The number of rotatable bonds is 2. The van der Waals surface area contributed by atoms with E-state index in [-0.39, 0.29) is 12.3 Å². The minimum atomic E-state index is -4.78. The van der Waals surface area contributed by atoms with E-state index in [2.05, 4.69) is 0 Å². The summed E-state index contributed by atoms with van der Waals surface area (Å²) in [5.41, 5.74) is -4.93. The van der Waals surface area contributed by atoms with Gasteiger partial charge in [-0.15, -0.1) is 0 Å². The maximum atomic E-state index is 14.0. The van der Waals surface area contributed by atoms with Crippen LogP contribution in [0.1, 0.15) is 37.8 Å². The SMILES string of the molecule is CN(C(=O)O)[C@H]1C[C@@]23CCO[C@H]4[C@@H]2[C@](C)(C(=O)N4c2ccc(C#N)c(C(F)(F)F)c2)[C@]1(C)O3. The van der Waals surface area contributed by atoms with Gasteiger partial charge in [-0.25, -0.2) is 4.79 Å². The second kappa shape index (κ2) is 6.39. The van der Waals surface area contributed by atoms with Gasteiger partial charge in [0.25, 0.3) is 0 Å². The molecule has 4 saturated heterocycles. The van der Waals surface area contributed by atoms with Gasteiger partial charge in [-0.1, -0.05) is 0 Å². The van der Waals surface area contributed by atoms with E-state index >= 15 is 0 Å². The molecule has 1 spiro atoms. The fourth-order valence-electron chi connectivity index (χ4n) is 6.69. The molecule has 1 aromatic rings. The molecule has 0 saturated carbocycles. The van der Waals surface area contributed by atoms with Gasteiger partial charge < -0.3 is 19.5 Å². The van der Waals surface area contributed by atoms with E-state index in [1.165, 1.54) is 18.0 Å². The van der Waals surface area contributed by atoms with Gasteiger partial charge in [0.05, 0.1) is 46.8 Å². The number of anilines is 1. The summed E-state index contributed by atoms with van der Waals surface area (Å²) in [6.45, 7) is 3.62. The molecule has 11 heteroatoms. The predicted molar refractivity (Wildman–Crippen MR) is 106 cm³/mol. The molecule has 1 aromatic carbocycles. The lowest BCUT2D eigenvalue weighted by atomic mass is 9.55.